The van der Waals surface area contributed by atoms with Crippen molar-refractivity contribution >= 4 is 5.69 Å². The highest BCUT2D eigenvalue weighted by atomic mass is 15.1. The second-order valence-electron chi connectivity index (χ2n) is 7.05. The smallest absolute Gasteiger partial charge is 0.0522 e. The molecule has 1 N–H and O–H groups in total. The lowest BCUT2D eigenvalue weighted by atomic mass is 9.90. The van der Waals surface area contributed by atoms with E-state index in [4.69, 9.17) is 0 Å². The zero-order valence-electron chi connectivity index (χ0n) is 16.0. The lowest BCUT2D eigenvalue weighted by Gasteiger charge is -2.32. The Bertz CT molecular complexity index is 634. The molecule has 0 atom stereocenters. The van der Waals surface area contributed by atoms with Crippen LogP contribution in [-0.4, -0.2) is 41.3 Å². The first-order valence-electron chi connectivity index (χ1n) is 9.83. The number of hydrogen-bond donors (Lipinski definition) is 1. The molecule has 2 heterocycles. The van der Waals surface area contributed by atoms with Crippen molar-refractivity contribution in [3.8, 4) is 0 Å². The van der Waals surface area contributed by atoms with Gasteiger partial charge in [0.1, 0.15) is 0 Å². The third-order valence-electron chi connectivity index (χ3n) is 5.60. The number of likely N-dealkylation sites (tertiary alicyclic amines) is 1. The molecule has 0 radical (unpaired) electrons. The van der Waals surface area contributed by atoms with E-state index in [2.05, 4.69) is 65.0 Å². The Morgan fingerprint density at radius 2 is 1.76 bits per heavy atom. The van der Waals surface area contributed by atoms with Crippen LogP contribution < -0.4 is 4.90 Å². The molecule has 0 aliphatic carbocycles. The normalized spacial score (nSPS) is 16.3. The molecule has 1 aromatic carbocycles. The maximum Gasteiger partial charge on any atom is 0.0522 e. The first-order chi connectivity index (χ1) is 12.2. The summed E-state index contributed by atoms with van der Waals surface area (Å²) in [5, 5.41) is 7.49. The topological polar surface area (TPSA) is 35.2 Å². The molecule has 0 spiro atoms. The quantitative estimate of drug-likeness (QED) is 0.820. The fraction of sp³-hybridized carbons (Fsp3) is 0.571. The minimum absolute atomic E-state index is 0.652. The SMILES string of the molecule is CCc1cn[nH]c1C1CCN(Cc2ccc(N(CC)CC)cc2)CC1. The van der Waals surface area contributed by atoms with Crippen LogP contribution in [0, 0.1) is 0 Å². The summed E-state index contributed by atoms with van der Waals surface area (Å²) in [6.45, 7) is 12.2. The number of H-pyrrole nitrogens is 1. The molecule has 2 aromatic rings. The summed E-state index contributed by atoms with van der Waals surface area (Å²) in [4.78, 5) is 4.98. The molecule has 4 heteroatoms. The number of nitrogens with one attached hydrogen (secondary N) is 1. The monoisotopic (exact) mass is 340 g/mol. The van der Waals surface area contributed by atoms with Crippen LogP contribution in [-0.2, 0) is 13.0 Å². The van der Waals surface area contributed by atoms with Crippen molar-refractivity contribution in [1.82, 2.24) is 15.1 Å². The van der Waals surface area contributed by atoms with Gasteiger partial charge in [0.2, 0.25) is 0 Å². The number of aryl methyl sites for hydroxylation is 1. The van der Waals surface area contributed by atoms with Gasteiger partial charge in [-0.2, -0.15) is 5.10 Å². The van der Waals surface area contributed by atoms with Gasteiger partial charge in [0, 0.05) is 36.9 Å². The Kier molecular flexibility index (Phi) is 6.14. The summed E-state index contributed by atoms with van der Waals surface area (Å²) in [7, 11) is 0. The number of anilines is 1. The Morgan fingerprint density at radius 1 is 1.08 bits per heavy atom. The fourth-order valence-electron chi connectivity index (χ4n) is 4.00. The predicted molar refractivity (Wildman–Crippen MR) is 105 cm³/mol. The first-order valence-corrected chi connectivity index (χ1v) is 9.83. The van der Waals surface area contributed by atoms with Crippen molar-refractivity contribution in [2.75, 3.05) is 31.1 Å². The minimum atomic E-state index is 0.652. The maximum atomic E-state index is 4.25. The van der Waals surface area contributed by atoms with E-state index in [0.717, 1.165) is 26.1 Å². The molecule has 25 heavy (non-hydrogen) atoms. The van der Waals surface area contributed by atoms with E-state index >= 15 is 0 Å². The lowest BCUT2D eigenvalue weighted by molar-refractivity contribution is 0.203. The third-order valence-corrected chi connectivity index (χ3v) is 5.60. The Balaban J connectivity index is 1.54. The predicted octanol–water partition coefficient (Wildman–Crippen LogP) is 4.20. The standard InChI is InChI=1S/C21H32N4/c1-4-18-15-22-23-21(18)19-11-13-24(14-12-19)16-17-7-9-20(10-8-17)25(5-2)6-3/h7-10,15,19H,4-6,11-14,16H2,1-3H3,(H,22,23). The largest absolute Gasteiger partial charge is 0.372 e. The summed E-state index contributed by atoms with van der Waals surface area (Å²) in [5.41, 5.74) is 5.53. The molecule has 0 saturated carbocycles. The van der Waals surface area contributed by atoms with Crippen LogP contribution in [0.15, 0.2) is 30.5 Å². The van der Waals surface area contributed by atoms with Crippen molar-refractivity contribution in [3.05, 3.63) is 47.3 Å². The molecule has 0 bridgehead atoms. The van der Waals surface area contributed by atoms with Gasteiger partial charge < -0.3 is 4.90 Å². The van der Waals surface area contributed by atoms with E-state index in [-0.39, 0.29) is 0 Å². The van der Waals surface area contributed by atoms with E-state index < -0.39 is 0 Å². The highest BCUT2D eigenvalue weighted by molar-refractivity contribution is 5.47. The number of benzene rings is 1. The second kappa shape index (κ2) is 8.52. The molecule has 4 nitrogen and oxygen atoms in total. The van der Waals surface area contributed by atoms with Gasteiger partial charge in [0.15, 0.2) is 0 Å². The van der Waals surface area contributed by atoms with E-state index in [9.17, 15) is 0 Å². The van der Waals surface area contributed by atoms with E-state index in [0.29, 0.717) is 5.92 Å². The van der Waals surface area contributed by atoms with E-state index in [1.807, 2.05) is 6.20 Å². The van der Waals surface area contributed by atoms with Crippen LogP contribution >= 0.6 is 0 Å². The Labute approximate surface area is 152 Å². The number of hydrogen-bond acceptors (Lipinski definition) is 3. The van der Waals surface area contributed by atoms with Gasteiger partial charge in [-0.25, -0.2) is 0 Å². The number of aromatic amines is 1. The number of rotatable bonds is 7. The van der Waals surface area contributed by atoms with Crippen LogP contribution in [0.1, 0.15) is 56.4 Å². The fourth-order valence-corrected chi connectivity index (χ4v) is 4.00. The molecule has 1 aliphatic heterocycles. The van der Waals surface area contributed by atoms with Gasteiger partial charge in [-0.1, -0.05) is 19.1 Å². The van der Waals surface area contributed by atoms with Gasteiger partial charge >= 0.3 is 0 Å². The van der Waals surface area contributed by atoms with Crippen LogP contribution in [0.2, 0.25) is 0 Å². The minimum Gasteiger partial charge on any atom is -0.372 e. The van der Waals surface area contributed by atoms with Crippen molar-refractivity contribution < 1.29 is 0 Å². The van der Waals surface area contributed by atoms with Crippen molar-refractivity contribution in [3.63, 3.8) is 0 Å². The second-order valence-corrected chi connectivity index (χ2v) is 7.05. The summed E-state index contributed by atoms with van der Waals surface area (Å²) in [6, 6.07) is 9.13. The summed E-state index contributed by atoms with van der Waals surface area (Å²) in [5.74, 6) is 0.652. The van der Waals surface area contributed by atoms with Crippen LogP contribution in [0.5, 0.6) is 0 Å². The molecule has 136 valence electrons. The Hall–Kier alpha value is -1.81. The highest BCUT2D eigenvalue weighted by Gasteiger charge is 2.23. The lowest BCUT2D eigenvalue weighted by Crippen LogP contribution is -2.32. The molecule has 1 aliphatic rings. The summed E-state index contributed by atoms with van der Waals surface area (Å²) >= 11 is 0. The first kappa shape index (κ1) is 18.0. The molecule has 0 unspecified atom stereocenters. The molecule has 3 rings (SSSR count). The average molecular weight is 341 g/mol. The van der Waals surface area contributed by atoms with Gasteiger partial charge in [0.25, 0.3) is 0 Å². The number of aromatic nitrogens is 2. The van der Waals surface area contributed by atoms with E-state index in [1.54, 1.807) is 0 Å². The van der Waals surface area contributed by atoms with Gasteiger partial charge in [-0.3, -0.25) is 10.00 Å². The highest BCUT2D eigenvalue weighted by Crippen LogP contribution is 2.29. The van der Waals surface area contributed by atoms with Gasteiger partial charge in [0.05, 0.1) is 6.20 Å². The van der Waals surface area contributed by atoms with Crippen LogP contribution in [0.3, 0.4) is 0 Å². The van der Waals surface area contributed by atoms with Gasteiger partial charge in [-0.05, 0) is 69.5 Å². The zero-order valence-corrected chi connectivity index (χ0v) is 16.0. The van der Waals surface area contributed by atoms with Crippen LogP contribution in [0.25, 0.3) is 0 Å². The van der Waals surface area contributed by atoms with Crippen molar-refractivity contribution in [2.45, 2.75) is 52.5 Å². The molecule has 1 aromatic heterocycles. The summed E-state index contributed by atoms with van der Waals surface area (Å²) in [6.07, 6.45) is 5.53. The number of nitrogens with zero attached hydrogens (tertiary/aromatic N) is 3. The molecule has 1 saturated heterocycles. The third kappa shape index (κ3) is 4.24. The molecule has 0 amide bonds. The van der Waals surface area contributed by atoms with Crippen molar-refractivity contribution in [2.24, 2.45) is 0 Å². The number of piperidine rings is 1. The Morgan fingerprint density at radius 3 is 2.36 bits per heavy atom. The van der Waals surface area contributed by atoms with Crippen molar-refractivity contribution in [1.29, 1.82) is 0 Å². The average Bonchev–Trinajstić information content (AvgIpc) is 3.13. The zero-order chi connectivity index (χ0) is 17.6. The molecular weight excluding hydrogens is 308 g/mol. The van der Waals surface area contributed by atoms with Gasteiger partial charge in [-0.15, -0.1) is 0 Å². The summed E-state index contributed by atoms with van der Waals surface area (Å²) < 4.78 is 0. The molecular formula is C21H32N4. The maximum absolute atomic E-state index is 4.25. The van der Waals surface area contributed by atoms with E-state index in [1.165, 1.54) is 48.4 Å². The molecule has 1 fully saturated rings. The van der Waals surface area contributed by atoms with Crippen LogP contribution in [0.4, 0.5) is 5.69 Å².